The Bertz CT molecular complexity index is 511. The van der Waals surface area contributed by atoms with Crippen molar-refractivity contribution in [3.8, 4) is 5.75 Å². The zero-order valence-electron chi connectivity index (χ0n) is 11.2. The first kappa shape index (κ1) is 12.6. The van der Waals surface area contributed by atoms with E-state index >= 15 is 0 Å². The number of hydrogen-bond acceptors (Lipinski definition) is 2. The monoisotopic (exact) mass is 262 g/mol. The summed E-state index contributed by atoms with van der Waals surface area (Å²) in [6, 6.07) is 4.22. The number of rotatable bonds is 0. The minimum Gasteiger partial charge on any atom is -0.486 e. The molecule has 0 amide bonds. The second kappa shape index (κ2) is 4.62. The highest BCUT2D eigenvalue weighted by Gasteiger charge is 2.41. The number of hydrogen-bond donors (Lipinski definition) is 0. The minimum atomic E-state index is -0.386. The summed E-state index contributed by atoms with van der Waals surface area (Å²) in [5.74, 6) is 0.874. The van der Waals surface area contributed by atoms with Crippen LogP contribution in [0.15, 0.2) is 18.2 Å². The average Bonchev–Trinajstić information content (AvgIpc) is 2.52. The topological polar surface area (TPSA) is 26.3 Å². The third-order valence-electron chi connectivity index (χ3n) is 4.48. The summed E-state index contributed by atoms with van der Waals surface area (Å²) in [5.41, 5.74) is 0.146. The number of benzene rings is 1. The van der Waals surface area contributed by atoms with E-state index in [9.17, 15) is 9.18 Å². The predicted molar refractivity (Wildman–Crippen MR) is 71.0 cm³/mol. The summed E-state index contributed by atoms with van der Waals surface area (Å²) < 4.78 is 19.4. The normalized spacial score (nSPS) is 30.6. The molecule has 1 aliphatic carbocycles. The Balaban J connectivity index is 1.93. The van der Waals surface area contributed by atoms with Crippen molar-refractivity contribution in [2.45, 2.75) is 51.0 Å². The molecule has 1 aromatic rings. The molecule has 0 saturated heterocycles. The Hall–Kier alpha value is -1.38. The van der Waals surface area contributed by atoms with Crippen LogP contribution in [0.2, 0.25) is 0 Å². The molecule has 19 heavy (non-hydrogen) atoms. The first-order valence-electron chi connectivity index (χ1n) is 7.10. The number of halogens is 1. The van der Waals surface area contributed by atoms with E-state index in [2.05, 4.69) is 6.92 Å². The summed E-state index contributed by atoms with van der Waals surface area (Å²) in [4.78, 5) is 12.3. The maximum absolute atomic E-state index is 13.3. The quantitative estimate of drug-likeness (QED) is 0.702. The predicted octanol–water partition coefficient (Wildman–Crippen LogP) is 4.13. The van der Waals surface area contributed by atoms with E-state index in [-0.39, 0.29) is 17.2 Å². The largest absolute Gasteiger partial charge is 0.486 e. The van der Waals surface area contributed by atoms with E-state index in [1.165, 1.54) is 18.6 Å². The molecule has 0 radical (unpaired) electrons. The molecule has 1 saturated carbocycles. The molecule has 1 aliphatic heterocycles. The van der Waals surface area contributed by atoms with E-state index in [0.717, 1.165) is 25.7 Å². The Morgan fingerprint density at radius 2 is 2.16 bits per heavy atom. The van der Waals surface area contributed by atoms with Gasteiger partial charge in [0.25, 0.3) is 0 Å². The van der Waals surface area contributed by atoms with Crippen LogP contribution in [0.3, 0.4) is 0 Å². The SMILES string of the molecule is CC1CCCC2(CC1)CC(=O)c1ccc(F)cc1O2. The van der Waals surface area contributed by atoms with Gasteiger partial charge in [0.15, 0.2) is 5.78 Å². The fourth-order valence-electron chi connectivity index (χ4n) is 3.30. The molecule has 3 heteroatoms. The van der Waals surface area contributed by atoms with Crippen LogP contribution >= 0.6 is 0 Å². The van der Waals surface area contributed by atoms with E-state index in [1.54, 1.807) is 6.07 Å². The molecule has 2 aliphatic rings. The molecule has 2 nitrogen and oxygen atoms in total. The molecule has 2 unspecified atom stereocenters. The fourth-order valence-corrected chi connectivity index (χ4v) is 3.30. The molecule has 1 spiro atoms. The molecule has 1 aromatic carbocycles. The summed E-state index contributed by atoms with van der Waals surface area (Å²) in [6.45, 7) is 2.25. The van der Waals surface area contributed by atoms with Gasteiger partial charge in [-0.1, -0.05) is 13.3 Å². The minimum absolute atomic E-state index is 0.0933. The van der Waals surface area contributed by atoms with E-state index < -0.39 is 0 Å². The van der Waals surface area contributed by atoms with Gasteiger partial charge in [-0.15, -0.1) is 0 Å². The van der Waals surface area contributed by atoms with Gasteiger partial charge < -0.3 is 4.74 Å². The molecule has 0 bridgehead atoms. The lowest BCUT2D eigenvalue weighted by molar-refractivity contribution is 0.0289. The number of fused-ring (bicyclic) bond motifs is 1. The van der Waals surface area contributed by atoms with Crippen LogP contribution in [0, 0.1) is 11.7 Å². The first-order valence-corrected chi connectivity index (χ1v) is 7.10. The van der Waals surface area contributed by atoms with Crippen molar-refractivity contribution >= 4 is 5.78 Å². The highest BCUT2D eigenvalue weighted by Crippen LogP contribution is 2.42. The molecule has 2 atom stereocenters. The number of Topliss-reactive ketones (excluding diaryl/α,β-unsaturated/α-hetero) is 1. The highest BCUT2D eigenvalue weighted by atomic mass is 19.1. The first-order chi connectivity index (χ1) is 9.08. The van der Waals surface area contributed by atoms with E-state index in [1.807, 2.05) is 0 Å². The maximum atomic E-state index is 13.3. The van der Waals surface area contributed by atoms with Gasteiger partial charge in [-0.05, 0) is 43.7 Å². The molecule has 3 rings (SSSR count). The van der Waals surface area contributed by atoms with Gasteiger partial charge in [0, 0.05) is 6.07 Å². The van der Waals surface area contributed by atoms with E-state index in [0.29, 0.717) is 23.7 Å². The molecule has 102 valence electrons. The van der Waals surface area contributed by atoms with Crippen LogP contribution in [0.4, 0.5) is 4.39 Å². The Morgan fingerprint density at radius 3 is 3.00 bits per heavy atom. The second-order valence-corrected chi connectivity index (χ2v) is 6.06. The zero-order valence-corrected chi connectivity index (χ0v) is 11.2. The summed E-state index contributed by atoms with van der Waals surface area (Å²) >= 11 is 0. The molecule has 1 fully saturated rings. The van der Waals surface area contributed by atoms with Gasteiger partial charge in [-0.2, -0.15) is 0 Å². The fraction of sp³-hybridized carbons (Fsp3) is 0.562. The van der Waals surface area contributed by atoms with Gasteiger partial charge in [0.05, 0.1) is 12.0 Å². The summed E-state index contributed by atoms with van der Waals surface area (Å²) in [7, 11) is 0. The highest BCUT2D eigenvalue weighted by molar-refractivity contribution is 6.00. The van der Waals surface area contributed by atoms with Gasteiger partial charge in [0.2, 0.25) is 0 Å². The van der Waals surface area contributed by atoms with Crippen molar-refractivity contribution < 1.29 is 13.9 Å². The Kier molecular flexibility index (Phi) is 3.08. The summed E-state index contributed by atoms with van der Waals surface area (Å²) in [5, 5.41) is 0. The van der Waals surface area contributed by atoms with Crippen LogP contribution in [-0.2, 0) is 0 Å². The van der Waals surface area contributed by atoms with Crippen LogP contribution in [0.25, 0.3) is 0 Å². The molecular formula is C16H19FO2. The van der Waals surface area contributed by atoms with Gasteiger partial charge in [0.1, 0.15) is 17.2 Å². The van der Waals surface area contributed by atoms with Gasteiger partial charge >= 0.3 is 0 Å². The van der Waals surface area contributed by atoms with Crippen molar-refractivity contribution in [3.05, 3.63) is 29.6 Å². The second-order valence-electron chi connectivity index (χ2n) is 6.06. The molecule has 0 N–H and O–H groups in total. The summed E-state index contributed by atoms with van der Waals surface area (Å²) in [6.07, 6.45) is 5.60. The van der Waals surface area contributed by atoms with Gasteiger partial charge in [-0.3, -0.25) is 4.79 Å². The smallest absolute Gasteiger partial charge is 0.170 e. The third kappa shape index (κ3) is 2.38. The van der Waals surface area contributed by atoms with Crippen molar-refractivity contribution in [1.82, 2.24) is 0 Å². The average molecular weight is 262 g/mol. The van der Waals surface area contributed by atoms with Crippen molar-refractivity contribution in [3.63, 3.8) is 0 Å². The van der Waals surface area contributed by atoms with Crippen molar-refractivity contribution in [1.29, 1.82) is 0 Å². The van der Waals surface area contributed by atoms with Crippen LogP contribution < -0.4 is 4.74 Å². The van der Waals surface area contributed by atoms with Gasteiger partial charge in [-0.25, -0.2) is 4.39 Å². The number of carbonyl (C=O) groups excluding carboxylic acids is 1. The number of carbonyl (C=O) groups is 1. The number of ether oxygens (including phenoxy) is 1. The van der Waals surface area contributed by atoms with E-state index in [4.69, 9.17) is 4.74 Å². The Labute approximate surface area is 113 Å². The van der Waals surface area contributed by atoms with Crippen molar-refractivity contribution in [2.75, 3.05) is 0 Å². The number of ketones is 1. The van der Waals surface area contributed by atoms with Crippen LogP contribution in [0.1, 0.15) is 55.8 Å². The van der Waals surface area contributed by atoms with Crippen molar-refractivity contribution in [2.24, 2.45) is 5.92 Å². The molecule has 0 aromatic heterocycles. The Morgan fingerprint density at radius 1 is 1.32 bits per heavy atom. The standard InChI is InChI=1S/C16H19FO2/c1-11-3-2-7-16(8-6-11)10-14(18)13-5-4-12(17)9-15(13)19-16/h4-5,9,11H,2-3,6-8,10H2,1H3. The van der Waals surface area contributed by atoms with Crippen LogP contribution in [0.5, 0.6) is 5.75 Å². The molecular weight excluding hydrogens is 243 g/mol. The lowest BCUT2D eigenvalue weighted by atomic mass is 9.84. The lowest BCUT2D eigenvalue weighted by Crippen LogP contribution is -2.41. The zero-order chi connectivity index (χ0) is 13.5. The maximum Gasteiger partial charge on any atom is 0.170 e. The molecule has 1 heterocycles. The van der Waals surface area contributed by atoms with Crippen LogP contribution in [-0.4, -0.2) is 11.4 Å². The third-order valence-corrected chi connectivity index (χ3v) is 4.48. The lowest BCUT2D eigenvalue weighted by Gasteiger charge is -2.37.